The van der Waals surface area contributed by atoms with Gasteiger partial charge < -0.3 is 19.8 Å². The van der Waals surface area contributed by atoms with Crippen LogP contribution in [0.5, 0.6) is 0 Å². The molecule has 1 heterocycles. The van der Waals surface area contributed by atoms with Gasteiger partial charge in [0.2, 0.25) is 0 Å². The summed E-state index contributed by atoms with van der Waals surface area (Å²) in [6, 6.07) is -0.192. The Labute approximate surface area is 70.5 Å². The Kier molecular flexibility index (Phi) is 2.88. The fourth-order valence-corrected chi connectivity index (χ4v) is 1.48. The van der Waals surface area contributed by atoms with Crippen molar-refractivity contribution in [1.82, 2.24) is 4.90 Å². The predicted octanol–water partition coefficient (Wildman–Crippen LogP) is -0.254. The smallest absolute Gasteiger partial charge is 0.407 e. The third-order valence-electron chi connectivity index (χ3n) is 2.00. The lowest BCUT2D eigenvalue weighted by Crippen LogP contribution is -2.37. The molecule has 1 fully saturated rings. The Bertz CT molecular complexity index is 173. The summed E-state index contributed by atoms with van der Waals surface area (Å²) in [7, 11) is 1.52. The van der Waals surface area contributed by atoms with Gasteiger partial charge in [-0.05, 0) is 6.42 Å². The van der Waals surface area contributed by atoms with Crippen molar-refractivity contribution < 1.29 is 19.7 Å². The Hall–Kier alpha value is -0.810. The molecule has 0 saturated carbocycles. The summed E-state index contributed by atoms with van der Waals surface area (Å²) in [6.07, 6.45) is -1.06. The number of aliphatic hydroxyl groups excluding tert-OH is 1. The molecule has 1 saturated heterocycles. The molecule has 0 radical (unpaired) electrons. The van der Waals surface area contributed by atoms with Gasteiger partial charge in [0.15, 0.2) is 0 Å². The van der Waals surface area contributed by atoms with E-state index >= 15 is 0 Å². The van der Waals surface area contributed by atoms with Crippen LogP contribution in [0.25, 0.3) is 0 Å². The molecule has 0 aromatic heterocycles. The molecule has 1 rings (SSSR count). The van der Waals surface area contributed by atoms with Crippen LogP contribution in [0.4, 0.5) is 4.79 Å². The second-order valence-corrected chi connectivity index (χ2v) is 2.93. The van der Waals surface area contributed by atoms with Crippen LogP contribution >= 0.6 is 0 Å². The van der Waals surface area contributed by atoms with Gasteiger partial charge in [0.05, 0.1) is 25.3 Å². The van der Waals surface area contributed by atoms with Crippen molar-refractivity contribution >= 4 is 6.09 Å². The van der Waals surface area contributed by atoms with Crippen LogP contribution in [0.3, 0.4) is 0 Å². The number of carboxylic acid groups (broad SMARTS) is 1. The summed E-state index contributed by atoms with van der Waals surface area (Å²) in [5.74, 6) is 0. The number of likely N-dealkylation sites (tertiary alicyclic amines) is 1. The summed E-state index contributed by atoms with van der Waals surface area (Å²) in [5.41, 5.74) is 0. The van der Waals surface area contributed by atoms with E-state index in [1.807, 2.05) is 0 Å². The lowest BCUT2D eigenvalue weighted by Gasteiger charge is -2.19. The summed E-state index contributed by atoms with van der Waals surface area (Å²) in [6.45, 7) is 0.548. The van der Waals surface area contributed by atoms with E-state index < -0.39 is 12.2 Å². The number of carbonyl (C=O) groups is 1. The second-order valence-electron chi connectivity index (χ2n) is 2.93. The van der Waals surface area contributed by atoms with Crippen LogP contribution in [0.15, 0.2) is 0 Å². The van der Waals surface area contributed by atoms with Gasteiger partial charge in [-0.3, -0.25) is 0 Å². The first-order valence-electron chi connectivity index (χ1n) is 3.81. The molecule has 2 atom stereocenters. The maximum Gasteiger partial charge on any atom is 0.407 e. The third kappa shape index (κ3) is 1.86. The van der Waals surface area contributed by atoms with Gasteiger partial charge in [-0.2, -0.15) is 0 Å². The maximum atomic E-state index is 10.6. The lowest BCUT2D eigenvalue weighted by atomic mass is 10.2. The van der Waals surface area contributed by atoms with Crippen molar-refractivity contribution in [2.24, 2.45) is 0 Å². The number of aliphatic hydroxyl groups is 1. The SMILES string of the molecule is COC[C@@H]1C[C@H](O)CN1C(=O)O. The monoisotopic (exact) mass is 175 g/mol. The van der Waals surface area contributed by atoms with Crippen LogP contribution in [0.1, 0.15) is 6.42 Å². The number of amides is 1. The van der Waals surface area contributed by atoms with Gasteiger partial charge >= 0.3 is 6.09 Å². The highest BCUT2D eigenvalue weighted by Gasteiger charge is 2.33. The van der Waals surface area contributed by atoms with Crippen molar-refractivity contribution in [3.63, 3.8) is 0 Å². The normalized spacial score (nSPS) is 29.3. The Morgan fingerprint density at radius 2 is 2.42 bits per heavy atom. The zero-order valence-corrected chi connectivity index (χ0v) is 6.93. The van der Waals surface area contributed by atoms with Crippen LogP contribution in [0.2, 0.25) is 0 Å². The van der Waals surface area contributed by atoms with Crippen molar-refractivity contribution in [3.05, 3.63) is 0 Å². The van der Waals surface area contributed by atoms with Crippen molar-refractivity contribution in [1.29, 1.82) is 0 Å². The molecule has 5 nitrogen and oxygen atoms in total. The first-order valence-corrected chi connectivity index (χ1v) is 3.81. The van der Waals surface area contributed by atoms with Gasteiger partial charge in [0, 0.05) is 7.11 Å². The average Bonchev–Trinajstić information content (AvgIpc) is 2.32. The zero-order valence-electron chi connectivity index (χ0n) is 6.93. The Balaban J connectivity index is 2.53. The largest absolute Gasteiger partial charge is 0.465 e. The topological polar surface area (TPSA) is 70.0 Å². The first-order chi connectivity index (χ1) is 5.65. The molecule has 12 heavy (non-hydrogen) atoms. The molecule has 5 heteroatoms. The van der Waals surface area contributed by atoms with E-state index in [0.29, 0.717) is 13.0 Å². The number of ether oxygens (including phenoxy) is 1. The van der Waals surface area contributed by atoms with E-state index in [0.717, 1.165) is 0 Å². The minimum Gasteiger partial charge on any atom is -0.465 e. The number of nitrogens with zero attached hydrogens (tertiary/aromatic N) is 1. The van der Waals surface area contributed by atoms with E-state index in [1.54, 1.807) is 0 Å². The molecular formula is C7H13NO4. The predicted molar refractivity (Wildman–Crippen MR) is 41.0 cm³/mol. The number of β-amino-alcohol motifs (C(OH)–C–C–N with tert-alkyl or cyclic N) is 1. The summed E-state index contributed by atoms with van der Waals surface area (Å²) < 4.78 is 4.84. The number of hydrogen-bond donors (Lipinski definition) is 2. The van der Waals surface area contributed by atoms with Crippen LogP contribution in [-0.4, -0.2) is 53.6 Å². The van der Waals surface area contributed by atoms with Gasteiger partial charge in [-0.15, -0.1) is 0 Å². The van der Waals surface area contributed by atoms with Gasteiger partial charge in [0.1, 0.15) is 0 Å². The molecule has 1 aliphatic rings. The van der Waals surface area contributed by atoms with Gasteiger partial charge in [-0.1, -0.05) is 0 Å². The van der Waals surface area contributed by atoms with Crippen molar-refractivity contribution in [3.8, 4) is 0 Å². The number of hydrogen-bond acceptors (Lipinski definition) is 3. The summed E-state index contributed by atoms with van der Waals surface area (Å²) in [4.78, 5) is 11.8. The molecule has 1 aliphatic heterocycles. The number of rotatable bonds is 2. The second kappa shape index (κ2) is 3.73. The highest BCUT2D eigenvalue weighted by molar-refractivity contribution is 5.66. The molecule has 1 amide bonds. The highest BCUT2D eigenvalue weighted by Crippen LogP contribution is 2.17. The Morgan fingerprint density at radius 1 is 1.75 bits per heavy atom. The maximum absolute atomic E-state index is 10.6. The minimum atomic E-state index is -0.992. The van der Waals surface area contributed by atoms with Crippen LogP contribution in [0, 0.1) is 0 Å². The van der Waals surface area contributed by atoms with Crippen molar-refractivity contribution in [2.45, 2.75) is 18.6 Å². The summed E-state index contributed by atoms with van der Waals surface area (Å²) in [5, 5.41) is 17.9. The molecule has 0 spiro atoms. The third-order valence-corrected chi connectivity index (χ3v) is 2.00. The zero-order chi connectivity index (χ0) is 9.14. The van der Waals surface area contributed by atoms with Crippen molar-refractivity contribution in [2.75, 3.05) is 20.3 Å². The fraction of sp³-hybridized carbons (Fsp3) is 0.857. The van der Waals surface area contributed by atoms with E-state index in [-0.39, 0.29) is 12.6 Å². The standard InChI is InChI=1S/C7H13NO4/c1-12-4-5-2-6(9)3-8(5)7(10)11/h5-6,9H,2-4H2,1H3,(H,10,11)/t5-,6-/m0/s1. The molecule has 0 aromatic carbocycles. The van der Waals surface area contributed by atoms with Gasteiger partial charge in [0.25, 0.3) is 0 Å². The molecule has 0 aliphatic carbocycles. The van der Waals surface area contributed by atoms with E-state index in [9.17, 15) is 9.90 Å². The van der Waals surface area contributed by atoms with Crippen LogP contribution in [-0.2, 0) is 4.74 Å². The molecule has 0 aromatic rings. The molecule has 0 bridgehead atoms. The van der Waals surface area contributed by atoms with Gasteiger partial charge in [-0.25, -0.2) is 4.79 Å². The van der Waals surface area contributed by atoms with E-state index in [2.05, 4.69) is 0 Å². The molecule has 70 valence electrons. The summed E-state index contributed by atoms with van der Waals surface area (Å²) >= 11 is 0. The van der Waals surface area contributed by atoms with Crippen LogP contribution < -0.4 is 0 Å². The highest BCUT2D eigenvalue weighted by atomic mass is 16.5. The number of methoxy groups -OCH3 is 1. The minimum absolute atomic E-state index is 0.192. The lowest BCUT2D eigenvalue weighted by molar-refractivity contribution is 0.0985. The molecule has 0 unspecified atom stereocenters. The average molecular weight is 175 g/mol. The Morgan fingerprint density at radius 3 is 2.92 bits per heavy atom. The quantitative estimate of drug-likeness (QED) is 0.607. The first kappa shape index (κ1) is 9.28. The van der Waals surface area contributed by atoms with E-state index in [4.69, 9.17) is 9.84 Å². The molecule has 2 N–H and O–H groups in total. The molecular weight excluding hydrogens is 162 g/mol. The van der Waals surface area contributed by atoms with E-state index in [1.165, 1.54) is 12.0 Å². The fourth-order valence-electron chi connectivity index (χ4n) is 1.48.